The third-order valence-corrected chi connectivity index (χ3v) is 4.89. The number of carbonyl (C=O) groups is 1. The second kappa shape index (κ2) is 7.18. The van der Waals surface area contributed by atoms with E-state index in [9.17, 15) is 4.79 Å². The average molecular weight is 337 g/mol. The van der Waals surface area contributed by atoms with Crippen molar-refractivity contribution < 1.29 is 4.79 Å². The Morgan fingerprint density at radius 2 is 1.84 bits per heavy atom. The van der Waals surface area contributed by atoms with Crippen molar-refractivity contribution in [2.45, 2.75) is 32.4 Å². The summed E-state index contributed by atoms with van der Waals surface area (Å²) in [7, 11) is 4.03. The highest BCUT2D eigenvalue weighted by Gasteiger charge is 2.35. The van der Waals surface area contributed by atoms with Gasteiger partial charge >= 0.3 is 0 Å². The molecule has 4 heteroatoms. The van der Waals surface area contributed by atoms with Gasteiger partial charge < -0.3 is 15.5 Å². The van der Waals surface area contributed by atoms with Crippen LogP contribution in [0.1, 0.15) is 36.9 Å². The van der Waals surface area contributed by atoms with Gasteiger partial charge in [-0.3, -0.25) is 4.79 Å². The number of rotatable bonds is 6. The maximum atomic E-state index is 13.0. The molecule has 1 saturated carbocycles. The summed E-state index contributed by atoms with van der Waals surface area (Å²) in [5, 5.41) is 0. The lowest BCUT2D eigenvalue weighted by Gasteiger charge is -2.31. The molecule has 1 atom stereocenters. The number of hydrogen-bond donors (Lipinski definition) is 1. The van der Waals surface area contributed by atoms with Crippen molar-refractivity contribution in [1.82, 2.24) is 4.90 Å². The minimum Gasteiger partial charge on any atom is -0.399 e. The zero-order valence-electron chi connectivity index (χ0n) is 15.3. The Hall–Kier alpha value is -2.49. The minimum atomic E-state index is 0.0331. The van der Waals surface area contributed by atoms with Gasteiger partial charge in [-0.2, -0.15) is 0 Å². The number of amides is 1. The first-order valence-corrected chi connectivity index (χ1v) is 8.88. The second-order valence-electron chi connectivity index (χ2n) is 7.11. The first kappa shape index (κ1) is 17.3. The maximum Gasteiger partial charge on any atom is 0.226 e. The van der Waals surface area contributed by atoms with Gasteiger partial charge in [0, 0.05) is 37.9 Å². The van der Waals surface area contributed by atoms with Gasteiger partial charge in [-0.15, -0.1) is 0 Å². The Balaban J connectivity index is 1.93. The lowest BCUT2D eigenvalue weighted by atomic mass is 10.0. The topological polar surface area (TPSA) is 49.6 Å². The van der Waals surface area contributed by atoms with Crippen LogP contribution in [-0.2, 0) is 11.3 Å². The molecule has 1 aliphatic carbocycles. The van der Waals surface area contributed by atoms with E-state index in [1.54, 1.807) is 0 Å². The van der Waals surface area contributed by atoms with Crippen LogP contribution in [0.25, 0.3) is 0 Å². The Kier molecular flexibility index (Phi) is 4.98. The molecule has 1 amide bonds. The summed E-state index contributed by atoms with van der Waals surface area (Å²) in [6.07, 6.45) is 2.02. The summed E-state index contributed by atoms with van der Waals surface area (Å²) in [6.45, 7) is 2.68. The largest absolute Gasteiger partial charge is 0.399 e. The van der Waals surface area contributed by atoms with Crippen LogP contribution in [0, 0.1) is 5.92 Å². The van der Waals surface area contributed by atoms with Gasteiger partial charge in [0.2, 0.25) is 5.91 Å². The fraction of sp³-hybridized carbons (Fsp3) is 0.381. The summed E-state index contributed by atoms with van der Waals surface area (Å²) in [6, 6.07) is 16.2. The van der Waals surface area contributed by atoms with E-state index in [0.29, 0.717) is 6.54 Å². The number of anilines is 2. The fourth-order valence-electron chi connectivity index (χ4n) is 3.23. The monoisotopic (exact) mass is 337 g/mol. The first-order valence-electron chi connectivity index (χ1n) is 8.88. The second-order valence-corrected chi connectivity index (χ2v) is 7.11. The lowest BCUT2D eigenvalue weighted by Crippen LogP contribution is -2.34. The molecule has 3 rings (SSSR count). The molecular formula is C21H27N3O. The van der Waals surface area contributed by atoms with Gasteiger partial charge in [0.25, 0.3) is 0 Å². The molecule has 2 aromatic rings. The van der Waals surface area contributed by atoms with Gasteiger partial charge in [0.15, 0.2) is 0 Å². The van der Waals surface area contributed by atoms with E-state index < -0.39 is 0 Å². The summed E-state index contributed by atoms with van der Waals surface area (Å²) in [5.41, 5.74) is 10.1. The van der Waals surface area contributed by atoms with Crippen LogP contribution in [0.3, 0.4) is 0 Å². The highest BCUT2D eigenvalue weighted by atomic mass is 16.2. The molecule has 0 saturated heterocycles. The van der Waals surface area contributed by atoms with Gasteiger partial charge in [-0.25, -0.2) is 0 Å². The van der Waals surface area contributed by atoms with Crippen molar-refractivity contribution >= 4 is 17.3 Å². The summed E-state index contributed by atoms with van der Waals surface area (Å²) in [4.78, 5) is 17.1. The number of nitrogen functional groups attached to an aromatic ring is 1. The molecule has 1 unspecified atom stereocenters. The molecule has 0 aliphatic heterocycles. The third kappa shape index (κ3) is 3.95. The number of carbonyl (C=O) groups excluding carboxylic acids is 1. The van der Waals surface area contributed by atoms with Gasteiger partial charge in [0.1, 0.15) is 0 Å². The lowest BCUT2D eigenvalue weighted by molar-refractivity contribution is -0.135. The number of hydrogen-bond acceptors (Lipinski definition) is 3. The van der Waals surface area contributed by atoms with Crippen molar-refractivity contribution in [3.63, 3.8) is 0 Å². The summed E-state index contributed by atoms with van der Waals surface area (Å²) in [5.74, 6) is 0.443. The van der Waals surface area contributed by atoms with Crippen molar-refractivity contribution in [3.8, 4) is 0 Å². The van der Waals surface area contributed by atoms with E-state index in [4.69, 9.17) is 5.73 Å². The van der Waals surface area contributed by atoms with Crippen molar-refractivity contribution in [3.05, 3.63) is 59.7 Å². The third-order valence-electron chi connectivity index (χ3n) is 4.89. The van der Waals surface area contributed by atoms with Gasteiger partial charge in [-0.05, 0) is 49.1 Å². The molecule has 2 aromatic carbocycles. The molecule has 0 aromatic heterocycles. The number of nitrogens with two attached hydrogens (primary N) is 1. The predicted molar refractivity (Wildman–Crippen MR) is 103 cm³/mol. The highest BCUT2D eigenvalue weighted by molar-refractivity contribution is 5.81. The molecule has 0 radical (unpaired) electrons. The van der Waals surface area contributed by atoms with Crippen LogP contribution < -0.4 is 10.6 Å². The highest BCUT2D eigenvalue weighted by Crippen LogP contribution is 2.36. The molecule has 2 N–H and O–H groups in total. The van der Waals surface area contributed by atoms with Crippen LogP contribution in [0.15, 0.2) is 48.5 Å². The number of nitrogens with zero attached hydrogens (tertiary/aromatic N) is 2. The van der Waals surface area contributed by atoms with E-state index in [0.717, 1.165) is 35.3 Å². The average Bonchev–Trinajstić information content (AvgIpc) is 3.44. The number of benzene rings is 2. The first-order chi connectivity index (χ1) is 12.0. The molecule has 4 nitrogen and oxygen atoms in total. The smallest absolute Gasteiger partial charge is 0.226 e. The fourth-order valence-corrected chi connectivity index (χ4v) is 3.23. The standard InChI is InChI=1S/C21H27N3O/c1-15(16-7-5-4-6-8-16)24(21(25)17-9-10-17)14-18-13-19(22)11-12-20(18)23(2)3/h4-8,11-13,15,17H,9-10,14,22H2,1-3H3. The van der Waals surface area contributed by atoms with E-state index in [-0.39, 0.29) is 17.9 Å². The molecule has 0 bridgehead atoms. The molecule has 0 heterocycles. The van der Waals surface area contributed by atoms with E-state index in [1.807, 2.05) is 55.4 Å². The SMILES string of the molecule is CC(c1ccccc1)N(Cc1cc(N)ccc1N(C)C)C(=O)C1CC1. The predicted octanol–water partition coefficient (Wildman–Crippen LogP) is 3.83. The van der Waals surface area contributed by atoms with Gasteiger partial charge in [0.05, 0.1) is 6.04 Å². The molecule has 132 valence electrons. The zero-order chi connectivity index (χ0) is 18.0. The van der Waals surface area contributed by atoms with Crippen LogP contribution in [0.2, 0.25) is 0 Å². The zero-order valence-corrected chi connectivity index (χ0v) is 15.3. The molecule has 1 fully saturated rings. The molecule has 1 aliphatic rings. The van der Waals surface area contributed by atoms with E-state index in [1.165, 1.54) is 0 Å². The van der Waals surface area contributed by atoms with Crippen molar-refractivity contribution in [2.75, 3.05) is 24.7 Å². The Morgan fingerprint density at radius 1 is 1.16 bits per heavy atom. The van der Waals surface area contributed by atoms with Crippen LogP contribution in [0.5, 0.6) is 0 Å². The minimum absolute atomic E-state index is 0.0331. The Bertz CT molecular complexity index is 738. The van der Waals surface area contributed by atoms with Crippen molar-refractivity contribution in [1.29, 1.82) is 0 Å². The van der Waals surface area contributed by atoms with E-state index in [2.05, 4.69) is 24.0 Å². The van der Waals surface area contributed by atoms with Crippen LogP contribution in [0.4, 0.5) is 11.4 Å². The van der Waals surface area contributed by atoms with E-state index >= 15 is 0 Å². The molecule has 0 spiro atoms. The van der Waals surface area contributed by atoms with Gasteiger partial charge in [-0.1, -0.05) is 30.3 Å². The summed E-state index contributed by atoms with van der Waals surface area (Å²) >= 11 is 0. The van der Waals surface area contributed by atoms with Crippen LogP contribution >= 0.6 is 0 Å². The van der Waals surface area contributed by atoms with Crippen LogP contribution in [-0.4, -0.2) is 24.9 Å². The summed E-state index contributed by atoms with van der Waals surface area (Å²) < 4.78 is 0. The normalized spacial score (nSPS) is 14.8. The van der Waals surface area contributed by atoms with Crippen molar-refractivity contribution in [2.24, 2.45) is 5.92 Å². The molecular weight excluding hydrogens is 310 g/mol. The Labute approximate surface area is 150 Å². The molecule has 25 heavy (non-hydrogen) atoms. The Morgan fingerprint density at radius 3 is 2.44 bits per heavy atom. The quantitative estimate of drug-likeness (QED) is 0.815. The maximum absolute atomic E-state index is 13.0.